The van der Waals surface area contributed by atoms with E-state index in [1.807, 2.05) is 0 Å². The average Bonchev–Trinajstić information content (AvgIpc) is 3.47. The molecule has 4 heterocycles. The van der Waals surface area contributed by atoms with Gasteiger partial charge in [-0.2, -0.15) is 0 Å². The molecule has 0 bridgehead atoms. The molecule has 0 unspecified atom stereocenters. The average molecular weight is 471 g/mol. The zero-order valence-corrected chi connectivity index (χ0v) is 18.1. The molecule has 3 aromatic heterocycles. The molecule has 0 aliphatic carbocycles. The molecule has 1 aromatic carbocycles. The number of carbonyl (C=O) groups is 1. The number of halogens is 3. The smallest absolute Gasteiger partial charge is 0.409 e. The zero-order chi connectivity index (χ0) is 23.8. The SMILES string of the molecule is COC(=O)N1CCO[C@@H](Cc2c(-c3c(F)cc(-n4ccnc4)cc3F)nc3cc(F)ccn23)C1. The molecule has 34 heavy (non-hydrogen) atoms. The summed E-state index contributed by atoms with van der Waals surface area (Å²) in [6.45, 7) is 0.876. The highest BCUT2D eigenvalue weighted by molar-refractivity contribution is 5.70. The van der Waals surface area contributed by atoms with Crippen LogP contribution in [0.1, 0.15) is 5.69 Å². The Labute approximate surface area is 192 Å². The van der Waals surface area contributed by atoms with Gasteiger partial charge in [0, 0.05) is 37.6 Å². The third kappa shape index (κ3) is 3.98. The van der Waals surface area contributed by atoms with Gasteiger partial charge in [-0.05, 0) is 18.2 Å². The highest BCUT2D eigenvalue weighted by atomic mass is 19.1. The van der Waals surface area contributed by atoms with Crippen molar-refractivity contribution in [3.05, 3.63) is 72.3 Å². The number of benzene rings is 1. The molecular weight excluding hydrogens is 451 g/mol. The minimum atomic E-state index is -0.824. The number of amides is 1. The van der Waals surface area contributed by atoms with Crippen molar-refractivity contribution in [2.75, 3.05) is 26.8 Å². The summed E-state index contributed by atoms with van der Waals surface area (Å²) in [4.78, 5) is 21.7. The molecule has 8 nitrogen and oxygen atoms in total. The van der Waals surface area contributed by atoms with Crippen LogP contribution >= 0.6 is 0 Å². The Bertz CT molecular complexity index is 1330. The van der Waals surface area contributed by atoms with E-state index in [0.29, 0.717) is 12.2 Å². The number of aromatic nitrogens is 4. The molecule has 0 saturated carbocycles. The zero-order valence-electron chi connectivity index (χ0n) is 18.1. The largest absolute Gasteiger partial charge is 0.453 e. The summed E-state index contributed by atoms with van der Waals surface area (Å²) < 4.78 is 58.1. The van der Waals surface area contributed by atoms with Crippen LogP contribution in [0.5, 0.6) is 0 Å². The number of rotatable bonds is 4. The van der Waals surface area contributed by atoms with E-state index in [-0.39, 0.29) is 42.2 Å². The fourth-order valence-corrected chi connectivity index (χ4v) is 4.17. The Morgan fingerprint density at radius 2 is 2.00 bits per heavy atom. The van der Waals surface area contributed by atoms with Crippen molar-refractivity contribution in [1.29, 1.82) is 0 Å². The molecule has 0 N–H and O–H groups in total. The molecule has 1 fully saturated rings. The van der Waals surface area contributed by atoms with E-state index < -0.39 is 29.6 Å². The van der Waals surface area contributed by atoms with Gasteiger partial charge in [0.2, 0.25) is 0 Å². The lowest BCUT2D eigenvalue weighted by molar-refractivity contribution is -0.0241. The van der Waals surface area contributed by atoms with Crippen molar-refractivity contribution in [3.8, 4) is 16.9 Å². The van der Waals surface area contributed by atoms with E-state index in [1.54, 1.807) is 10.6 Å². The number of nitrogens with zero attached hydrogens (tertiary/aromatic N) is 5. The second kappa shape index (κ2) is 8.82. The molecule has 0 radical (unpaired) electrons. The number of hydrogen-bond acceptors (Lipinski definition) is 5. The van der Waals surface area contributed by atoms with Gasteiger partial charge in [-0.1, -0.05) is 0 Å². The first-order valence-corrected chi connectivity index (χ1v) is 10.5. The van der Waals surface area contributed by atoms with Gasteiger partial charge >= 0.3 is 6.09 Å². The number of pyridine rings is 1. The number of carbonyl (C=O) groups excluding carboxylic acids is 1. The quantitative estimate of drug-likeness (QED) is 0.455. The van der Waals surface area contributed by atoms with Gasteiger partial charge in [-0.25, -0.2) is 27.9 Å². The summed E-state index contributed by atoms with van der Waals surface area (Å²) in [7, 11) is 1.29. The van der Waals surface area contributed by atoms with Gasteiger partial charge in [0.1, 0.15) is 23.1 Å². The van der Waals surface area contributed by atoms with Gasteiger partial charge in [0.05, 0.1) is 55.3 Å². The lowest BCUT2D eigenvalue weighted by Gasteiger charge is -2.32. The van der Waals surface area contributed by atoms with Crippen LogP contribution < -0.4 is 0 Å². The first-order chi connectivity index (χ1) is 16.4. The van der Waals surface area contributed by atoms with Crippen molar-refractivity contribution < 1.29 is 27.4 Å². The molecule has 11 heteroatoms. The van der Waals surface area contributed by atoms with Gasteiger partial charge in [-0.15, -0.1) is 0 Å². The number of fused-ring (bicyclic) bond motifs is 1. The van der Waals surface area contributed by atoms with E-state index >= 15 is 8.78 Å². The number of hydrogen-bond donors (Lipinski definition) is 0. The van der Waals surface area contributed by atoms with E-state index in [9.17, 15) is 9.18 Å². The first-order valence-electron chi connectivity index (χ1n) is 10.5. The van der Waals surface area contributed by atoms with Crippen LogP contribution in [0, 0.1) is 17.5 Å². The Kier molecular flexibility index (Phi) is 5.70. The highest BCUT2D eigenvalue weighted by Gasteiger charge is 2.29. The molecule has 1 aliphatic heterocycles. The van der Waals surface area contributed by atoms with Crippen molar-refractivity contribution in [3.63, 3.8) is 0 Å². The molecule has 1 atom stereocenters. The van der Waals surface area contributed by atoms with Crippen LogP contribution in [0.25, 0.3) is 22.6 Å². The summed E-state index contributed by atoms with van der Waals surface area (Å²) >= 11 is 0. The lowest BCUT2D eigenvalue weighted by atomic mass is 10.0. The van der Waals surface area contributed by atoms with Crippen molar-refractivity contribution in [2.45, 2.75) is 12.5 Å². The maximum absolute atomic E-state index is 15.3. The molecule has 176 valence electrons. The van der Waals surface area contributed by atoms with Gasteiger partial charge in [-0.3, -0.25) is 0 Å². The number of methoxy groups -OCH3 is 1. The second-order valence-corrected chi connectivity index (χ2v) is 7.85. The predicted octanol–water partition coefficient (Wildman–Crippen LogP) is 3.61. The molecule has 4 aromatic rings. The molecule has 5 rings (SSSR count). The molecule has 0 spiro atoms. The maximum Gasteiger partial charge on any atom is 0.409 e. The van der Waals surface area contributed by atoms with Crippen molar-refractivity contribution in [2.24, 2.45) is 0 Å². The first kappa shape index (κ1) is 22.0. The summed E-state index contributed by atoms with van der Waals surface area (Å²) in [6, 6.07) is 4.79. The third-order valence-corrected chi connectivity index (χ3v) is 5.75. The topological polar surface area (TPSA) is 73.9 Å². The third-order valence-electron chi connectivity index (χ3n) is 5.75. The van der Waals surface area contributed by atoms with Gasteiger partial charge < -0.3 is 23.3 Å². The fourth-order valence-electron chi connectivity index (χ4n) is 4.17. The summed E-state index contributed by atoms with van der Waals surface area (Å²) in [5.74, 6) is -2.18. The normalized spacial score (nSPS) is 16.2. The summed E-state index contributed by atoms with van der Waals surface area (Å²) in [5.41, 5.74) is 0.597. The van der Waals surface area contributed by atoms with E-state index in [1.165, 1.54) is 59.6 Å². The van der Waals surface area contributed by atoms with Gasteiger partial charge in [0.25, 0.3) is 0 Å². The monoisotopic (exact) mass is 471 g/mol. The van der Waals surface area contributed by atoms with Crippen LogP contribution in [0.2, 0.25) is 0 Å². The van der Waals surface area contributed by atoms with Crippen LogP contribution in [0.4, 0.5) is 18.0 Å². The van der Waals surface area contributed by atoms with E-state index in [2.05, 4.69) is 9.97 Å². The van der Waals surface area contributed by atoms with Crippen molar-refractivity contribution in [1.82, 2.24) is 23.8 Å². The summed E-state index contributed by atoms with van der Waals surface area (Å²) in [5, 5.41) is 0. The molecule has 1 amide bonds. The minimum Gasteiger partial charge on any atom is -0.453 e. The van der Waals surface area contributed by atoms with Crippen molar-refractivity contribution >= 4 is 11.7 Å². The second-order valence-electron chi connectivity index (χ2n) is 7.85. The summed E-state index contributed by atoms with van der Waals surface area (Å²) in [6.07, 6.45) is 5.17. The Balaban J connectivity index is 1.58. The fraction of sp³-hybridized carbons (Fsp3) is 0.261. The maximum atomic E-state index is 15.3. The highest BCUT2D eigenvalue weighted by Crippen LogP contribution is 2.32. The van der Waals surface area contributed by atoms with Crippen LogP contribution in [-0.4, -0.2) is 62.8 Å². The lowest BCUT2D eigenvalue weighted by Crippen LogP contribution is -2.46. The van der Waals surface area contributed by atoms with Crippen LogP contribution in [0.15, 0.2) is 49.2 Å². The predicted molar refractivity (Wildman–Crippen MR) is 115 cm³/mol. The van der Waals surface area contributed by atoms with E-state index in [0.717, 1.165) is 0 Å². The minimum absolute atomic E-state index is 0.0385. The Morgan fingerprint density at radius 3 is 2.71 bits per heavy atom. The van der Waals surface area contributed by atoms with Gasteiger partial charge in [0.15, 0.2) is 0 Å². The number of morpholine rings is 1. The van der Waals surface area contributed by atoms with E-state index in [4.69, 9.17) is 9.47 Å². The van der Waals surface area contributed by atoms with Crippen LogP contribution in [-0.2, 0) is 15.9 Å². The number of ether oxygens (including phenoxy) is 2. The Morgan fingerprint density at radius 1 is 1.21 bits per heavy atom. The number of imidazole rings is 2. The Hall–Kier alpha value is -3.86. The van der Waals surface area contributed by atoms with Crippen LogP contribution in [0.3, 0.4) is 0 Å². The molecule has 1 aliphatic rings. The molecule has 1 saturated heterocycles. The molecular formula is C23H20F3N5O3. The standard InChI is InChI=1S/C23H20F3N5O3/c1-33-23(32)29-6-7-34-16(12-29)11-19-22(28-20-8-14(24)2-4-31(19)20)21-17(25)9-15(10-18(21)26)30-5-3-27-13-30/h2-5,8-10,13,16H,6-7,11-12H2,1H3/t16-/m0/s1.